The van der Waals surface area contributed by atoms with Crippen molar-refractivity contribution < 1.29 is 4.79 Å². The number of carbonyl (C=O) groups is 1. The summed E-state index contributed by atoms with van der Waals surface area (Å²) in [5.74, 6) is 0.387. The van der Waals surface area contributed by atoms with Crippen LogP contribution in [-0.4, -0.2) is 23.2 Å². The van der Waals surface area contributed by atoms with Gasteiger partial charge in [0.1, 0.15) is 0 Å². The van der Waals surface area contributed by atoms with Crippen LogP contribution in [0.3, 0.4) is 0 Å². The van der Waals surface area contributed by atoms with E-state index in [2.05, 4.69) is 0 Å². The highest BCUT2D eigenvalue weighted by Crippen LogP contribution is 2.22. The molecular formula is C14H19Cl2NO. The van der Waals surface area contributed by atoms with Crippen molar-refractivity contribution in [1.82, 2.24) is 4.90 Å². The number of halogens is 2. The van der Waals surface area contributed by atoms with Gasteiger partial charge in [0.25, 0.3) is 0 Å². The van der Waals surface area contributed by atoms with Crippen LogP contribution in [-0.2, 0) is 11.3 Å². The Hall–Kier alpha value is -0.730. The lowest BCUT2D eigenvalue weighted by atomic mass is 9.94. The molecule has 0 heterocycles. The molecular weight excluding hydrogens is 269 g/mol. The topological polar surface area (TPSA) is 20.3 Å². The maximum Gasteiger partial charge on any atom is 0.229 e. The molecule has 4 heteroatoms. The molecule has 2 nitrogen and oxygen atoms in total. The Labute approximate surface area is 119 Å². The van der Waals surface area contributed by atoms with Gasteiger partial charge >= 0.3 is 0 Å². The van der Waals surface area contributed by atoms with Crippen molar-refractivity contribution in [3.05, 3.63) is 34.9 Å². The summed E-state index contributed by atoms with van der Waals surface area (Å²) in [4.78, 5) is 14.1. The van der Waals surface area contributed by atoms with E-state index in [4.69, 9.17) is 23.2 Å². The highest BCUT2D eigenvalue weighted by atomic mass is 35.5. The molecule has 0 atom stereocenters. The number of benzene rings is 1. The molecule has 0 N–H and O–H groups in total. The lowest BCUT2D eigenvalue weighted by molar-refractivity contribution is -0.139. The van der Waals surface area contributed by atoms with E-state index in [1.807, 2.05) is 45.0 Å². The summed E-state index contributed by atoms with van der Waals surface area (Å²) in [5.41, 5.74) is 0.499. The molecule has 0 aromatic heterocycles. The van der Waals surface area contributed by atoms with E-state index >= 15 is 0 Å². The summed E-state index contributed by atoms with van der Waals surface area (Å²) in [6.07, 6.45) is 0. The predicted octanol–water partition coefficient (Wildman–Crippen LogP) is 3.95. The second kappa shape index (κ2) is 6.44. The first-order valence-corrected chi connectivity index (χ1v) is 6.91. The van der Waals surface area contributed by atoms with Gasteiger partial charge in [0.2, 0.25) is 5.91 Å². The average molecular weight is 288 g/mol. The fraction of sp³-hybridized carbons (Fsp3) is 0.500. The third-order valence-electron chi connectivity index (χ3n) is 2.84. The number of amides is 1. The van der Waals surface area contributed by atoms with E-state index in [0.717, 1.165) is 5.56 Å². The van der Waals surface area contributed by atoms with Gasteiger partial charge in [-0.1, -0.05) is 23.7 Å². The number of alkyl halides is 1. The smallest absolute Gasteiger partial charge is 0.229 e. The van der Waals surface area contributed by atoms with Crippen LogP contribution in [0, 0.1) is 5.41 Å². The molecule has 1 rings (SSSR count). The summed E-state index contributed by atoms with van der Waals surface area (Å²) in [6.45, 7) is 6.92. The standard InChI is InChI=1S/C14H19Cl2NO/c1-4-17(13(18)14(2,3)10-15)9-11-6-5-7-12(16)8-11/h5-8H,4,9-10H2,1-3H3. The molecule has 100 valence electrons. The summed E-state index contributed by atoms with van der Waals surface area (Å²) < 4.78 is 0. The Morgan fingerprint density at radius 2 is 2.06 bits per heavy atom. The number of nitrogens with zero attached hydrogens (tertiary/aromatic N) is 1. The first kappa shape index (κ1) is 15.3. The van der Waals surface area contributed by atoms with Gasteiger partial charge in [-0.3, -0.25) is 4.79 Å². The van der Waals surface area contributed by atoms with Gasteiger partial charge in [-0.05, 0) is 38.5 Å². The summed E-state index contributed by atoms with van der Waals surface area (Å²) in [5, 5.41) is 0.688. The van der Waals surface area contributed by atoms with E-state index in [1.165, 1.54) is 0 Å². The van der Waals surface area contributed by atoms with Crippen molar-refractivity contribution in [2.45, 2.75) is 27.3 Å². The Kier molecular flexibility index (Phi) is 5.48. The van der Waals surface area contributed by atoms with Gasteiger partial charge in [-0.2, -0.15) is 0 Å². The minimum absolute atomic E-state index is 0.0694. The molecule has 0 aliphatic carbocycles. The molecule has 0 radical (unpaired) electrons. The highest BCUT2D eigenvalue weighted by molar-refractivity contribution is 6.30. The first-order valence-electron chi connectivity index (χ1n) is 6.00. The average Bonchev–Trinajstić information content (AvgIpc) is 2.35. The van der Waals surface area contributed by atoms with E-state index in [0.29, 0.717) is 24.0 Å². The van der Waals surface area contributed by atoms with Crippen molar-refractivity contribution in [2.24, 2.45) is 5.41 Å². The number of hydrogen-bond acceptors (Lipinski definition) is 1. The van der Waals surface area contributed by atoms with Gasteiger partial charge < -0.3 is 4.90 Å². The Bertz CT molecular complexity index is 418. The fourth-order valence-electron chi connectivity index (χ4n) is 1.67. The Balaban J connectivity index is 2.82. The molecule has 0 spiro atoms. The SMILES string of the molecule is CCN(Cc1cccc(Cl)c1)C(=O)C(C)(C)CCl. The van der Waals surface area contributed by atoms with Crippen LogP contribution in [0.2, 0.25) is 5.02 Å². The van der Waals surface area contributed by atoms with E-state index < -0.39 is 5.41 Å². The molecule has 1 amide bonds. The second-order valence-electron chi connectivity index (χ2n) is 4.97. The normalized spacial score (nSPS) is 11.4. The molecule has 0 fully saturated rings. The molecule has 0 aliphatic heterocycles. The Morgan fingerprint density at radius 1 is 1.39 bits per heavy atom. The van der Waals surface area contributed by atoms with Crippen molar-refractivity contribution in [1.29, 1.82) is 0 Å². The summed E-state index contributed by atoms with van der Waals surface area (Å²) in [7, 11) is 0. The maximum absolute atomic E-state index is 12.3. The second-order valence-corrected chi connectivity index (χ2v) is 5.67. The zero-order valence-corrected chi connectivity index (χ0v) is 12.6. The predicted molar refractivity (Wildman–Crippen MR) is 77.0 cm³/mol. The lowest BCUT2D eigenvalue weighted by Gasteiger charge is -2.30. The van der Waals surface area contributed by atoms with Crippen LogP contribution in [0.15, 0.2) is 24.3 Å². The monoisotopic (exact) mass is 287 g/mol. The van der Waals surface area contributed by atoms with Gasteiger partial charge in [-0.25, -0.2) is 0 Å². The third-order valence-corrected chi connectivity index (χ3v) is 3.75. The summed E-state index contributed by atoms with van der Waals surface area (Å²) >= 11 is 11.8. The van der Waals surface area contributed by atoms with E-state index in [9.17, 15) is 4.79 Å². The molecule has 1 aromatic carbocycles. The first-order chi connectivity index (χ1) is 8.40. The summed E-state index contributed by atoms with van der Waals surface area (Å²) in [6, 6.07) is 7.56. The highest BCUT2D eigenvalue weighted by Gasteiger charge is 2.30. The zero-order valence-electron chi connectivity index (χ0n) is 11.0. The van der Waals surface area contributed by atoms with E-state index in [1.54, 1.807) is 4.90 Å². The van der Waals surface area contributed by atoms with Crippen LogP contribution >= 0.6 is 23.2 Å². The number of rotatable bonds is 5. The quantitative estimate of drug-likeness (QED) is 0.751. The molecule has 0 saturated heterocycles. The minimum Gasteiger partial charge on any atom is -0.338 e. The van der Waals surface area contributed by atoms with E-state index in [-0.39, 0.29) is 5.91 Å². The van der Waals surface area contributed by atoms with Crippen LogP contribution in [0.25, 0.3) is 0 Å². The molecule has 0 saturated carbocycles. The third kappa shape index (κ3) is 3.89. The number of carbonyl (C=O) groups excluding carboxylic acids is 1. The molecule has 0 unspecified atom stereocenters. The number of hydrogen-bond donors (Lipinski definition) is 0. The molecule has 0 aliphatic rings. The minimum atomic E-state index is -0.532. The van der Waals surface area contributed by atoms with Crippen LogP contribution < -0.4 is 0 Å². The van der Waals surface area contributed by atoms with Crippen molar-refractivity contribution in [2.75, 3.05) is 12.4 Å². The van der Waals surface area contributed by atoms with Gasteiger partial charge in [0.15, 0.2) is 0 Å². The van der Waals surface area contributed by atoms with Crippen molar-refractivity contribution >= 4 is 29.1 Å². The lowest BCUT2D eigenvalue weighted by Crippen LogP contribution is -2.41. The maximum atomic E-state index is 12.3. The van der Waals surface area contributed by atoms with Crippen LogP contribution in [0.1, 0.15) is 26.3 Å². The molecule has 1 aromatic rings. The van der Waals surface area contributed by atoms with Gasteiger partial charge in [0, 0.05) is 24.0 Å². The fourth-order valence-corrected chi connectivity index (χ4v) is 2.00. The van der Waals surface area contributed by atoms with Gasteiger partial charge in [0.05, 0.1) is 5.41 Å². The van der Waals surface area contributed by atoms with Crippen molar-refractivity contribution in [3.63, 3.8) is 0 Å². The largest absolute Gasteiger partial charge is 0.338 e. The molecule has 18 heavy (non-hydrogen) atoms. The van der Waals surface area contributed by atoms with Gasteiger partial charge in [-0.15, -0.1) is 11.6 Å². The Morgan fingerprint density at radius 3 is 2.56 bits per heavy atom. The van der Waals surface area contributed by atoms with Crippen LogP contribution in [0.5, 0.6) is 0 Å². The van der Waals surface area contributed by atoms with Crippen molar-refractivity contribution in [3.8, 4) is 0 Å². The zero-order chi connectivity index (χ0) is 13.8. The van der Waals surface area contributed by atoms with Crippen LogP contribution in [0.4, 0.5) is 0 Å². The molecule has 0 bridgehead atoms.